The fourth-order valence-corrected chi connectivity index (χ4v) is 1.71. The fourth-order valence-electron chi connectivity index (χ4n) is 1.59. The molecule has 98 valence electrons. The van der Waals surface area contributed by atoms with Gasteiger partial charge in [-0.25, -0.2) is 9.18 Å². The van der Waals surface area contributed by atoms with Crippen LogP contribution in [-0.4, -0.2) is 35.0 Å². The molecule has 1 amide bonds. The lowest BCUT2D eigenvalue weighted by atomic mass is 10.1. The lowest BCUT2D eigenvalue weighted by Crippen LogP contribution is -2.41. The highest BCUT2D eigenvalue weighted by Gasteiger charge is 2.25. The smallest absolute Gasteiger partial charge is 0.326 e. The minimum Gasteiger partial charge on any atom is -0.480 e. The summed E-state index contributed by atoms with van der Waals surface area (Å²) in [5.74, 6) is -2.36. The molecule has 0 spiro atoms. The average Bonchev–Trinajstić information content (AvgIpc) is 2.32. The van der Waals surface area contributed by atoms with Gasteiger partial charge in [-0.05, 0) is 24.6 Å². The van der Waals surface area contributed by atoms with Gasteiger partial charge in [-0.1, -0.05) is 18.5 Å². The molecule has 0 aliphatic rings. The van der Waals surface area contributed by atoms with Crippen LogP contribution in [0.1, 0.15) is 23.7 Å². The predicted octanol–water partition coefficient (Wildman–Crippen LogP) is 2.41. The summed E-state index contributed by atoms with van der Waals surface area (Å²) >= 11 is 5.51. The number of amides is 1. The highest BCUT2D eigenvalue weighted by molar-refractivity contribution is 6.30. The van der Waals surface area contributed by atoms with E-state index in [0.717, 1.165) is 11.0 Å². The van der Waals surface area contributed by atoms with Crippen molar-refractivity contribution in [2.45, 2.75) is 19.4 Å². The molecular weight excluding hydrogens is 261 g/mol. The van der Waals surface area contributed by atoms with Crippen LogP contribution in [0.2, 0.25) is 5.02 Å². The minimum atomic E-state index is -1.09. The van der Waals surface area contributed by atoms with Crippen LogP contribution in [0.3, 0.4) is 0 Å². The van der Waals surface area contributed by atoms with Crippen molar-refractivity contribution in [2.75, 3.05) is 7.05 Å². The number of likely N-dealkylation sites (N-methyl/N-ethyl adjacent to an activating group) is 1. The molecule has 0 aromatic heterocycles. The van der Waals surface area contributed by atoms with Gasteiger partial charge in [-0.3, -0.25) is 4.79 Å². The number of rotatable bonds is 4. The van der Waals surface area contributed by atoms with E-state index in [1.165, 1.54) is 19.2 Å². The Bertz CT molecular complexity index is 478. The van der Waals surface area contributed by atoms with Crippen LogP contribution in [0, 0.1) is 5.82 Å². The monoisotopic (exact) mass is 273 g/mol. The summed E-state index contributed by atoms with van der Waals surface area (Å²) < 4.78 is 13.2. The maximum absolute atomic E-state index is 13.2. The summed E-state index contributed by atoms with van der Waals surface area (Å²) in [7, 11) is 1.37. The van der Waals surface area contributed by atoms with Crippen LogP contribution in [-0.2, 0) is 4.79 Å². The second-order valence-electron chi connectivity index (χ2n) is 3.81. The van der Waals surface area contributed by atoms with Crippen molar-refractivity contribution in [1.29, 1.82) is 0 Å². The number of hydrogen-bond acceptors (Lipinski definition) is 2. The minimum absolute atomic E-state index is 0.0686. The van der Waals surface area contributed by atoms with Gasteiger partial charge in [0.05, 0.1) is 5.02 Å². The lowest BCUT2D eigenvalue weighted by molar-refractivity contribution is -0.142. The van der Waals surface area contributed by atoms with E-state index in [2.05, 4.69) is 0 Å². The number of hydrogen-bond donors (Lipinski definition) is 1. The van der Waals surface area contributed by atoms with Gasteiger partial charge in [-0.15, -0.1) is 0 Å². The Kier molecular flexibility index (Phi) is 4.67. The number of halogens is 2. The molecule has 1 aromatic carbocycles. The number of carbonyl (C=O) groups is 2. The van der Waals surface area contributed by atoms with Crippen molar-refractivity contribution in [3.8, 4) is 0 Å². The third-order valence-electron chi connectivity index (χ3n) is 2.63. The van der Waals surface area contributed by atoms with Crippen LogP contribution in [0.5, 0.6) is 0 Å². The molecule has 1 aromatic rings. The molecule has 1 rings (SSSR count). The Balaban J connectivity index is 2.99. The molecule has 0 fully saturated rings. The maximum atomic E-state index is 13.2. The second kappa shape index (κ2) is 5.82. The van der Waals surface area contributed by atoms with Gasteiger partial charge >= 0.3 is 5.97 Å². The van der Waals surface area contributed by atoms with E-state index in [1.54, 1.807) is 6.92 Å². The zero-order chi connectivity index (χ0) is 13.9. The van der Waals surface area contributed by atoms with E-state index in [-0.39, 0.29) is 17.0 Å². The summed E-state index contributed by atoms with van der Waals surface area (Å²) in [6.07, 6.45) is 0.271. The molecule has 6 heteroatoms. The zero-order valence-corrected chi connectivity index (χ0v) is 10.7. The molecule has 1 atom stereocenters. The van der Waals surface area contributed by atoms with E-state index < -0.39 is 23.7 Å². The number of aliphatic carboxylic acids is 1. The van der Waals surface area contributed by atoms with E-state index in [9.17, 15) is 14.0 Å². The number of benzene rings is 1. The first-order chi connectivity index (χ1) is 8.38. The van der Waals surface area contributed by atoms with Gasteiger partial charge in [0.2, 0.25) is 0 Å². The summed E-state index contributed by atoms with van der Waals surface area (Å²) in [6.45, 7) is 1.66. The fraction of sp³-hybridized carbons (Fsp3) is 0.333. The topological polar surface area (TPSA) is 57.6 Å². The highest BCUT2D eigenvalue weighted by Crippen LogP contribution is 2.17. The van der Waals surface area contributed by atoms with Crippen molar-refractivity contribution >= 4 is 23.5 Å². The van der Waals surface area contributed by atoms with Gasteiger partial charge in [0.1, 0.15) is 11.9 Å². The molecule has 0 saturated carbocycles. The van der Waals surface area contributed by atoms with Gasteiger partial charge in [0.15, 0.2) is 0 Å². The molecule has 18 heavy (non-hydrogen) atoms. The van der Waals surface area contributed by atoms with Crippen molar-refractivity contribution < 1.29 is 19.1 Å². The molecule has 0 bridgehead atoms. The van der Waals surface area contributed by atoms with Gasteiger partial charge < -0.3 is 10.0 Å². The van der Waals surface area contributed by atoms with Crippen molar-refractivity contribution in [3.05, 3.63) is 34.6 Å². The van der Waals surface area contributed by atoms with Crippen LogP contribution in [0.25, 0.3) is 0 Å². The van der Waals surface area contributed by atoms with Crippen LogP contribution >= 0.6 is 11.6 Å². The molecule has 1 N–H and O–H groups in total. The van der Waals surface area contributed by atoms with Crippen LogP contribution < -0.4 is 0 Å². The van der Waals surface area contributed by atoms with Crippen molar-refractivity contribution in [2.24, 2.45) is 0 Å². The highest BCUT2D eigenvalue weighted by atomic mass is 35.5. The molecule has 0 radical (unpaired) electrons. The summed E-state index contributed by atoms with van der Waals surface area (Å²) in [6, 6.07) is 2.69. The third-order valence-corrected chi connectivity index (χ3v) is 2.93. The zero-order valence-electron chi connectivity index (χ0n) is 9.98. The Labute approximate surface area is 109 Å². The van der Waals surface area contributed by atoms with Crippen molar-refractivity contribution in [1.82, 2.24) is 4.90 Å². The van der Waals surface area contributed by atoms with E-state index in [1.807, 2.05) is 0 Å². The first-order valence-electron chi connectivity index (χ1n) is 5.33. The number of carboxylic acid groups (broad SMARTS) is 1. The van der Waals surface area contributed by atoms with Gasteiger partial charge in [-0.2, -0.15) is 0 Å². The maximum Gasteiger partial charge on any atom is 0.326 e. The van der Waals surface area contributed by atoms with E-state index in [0.29, 0.717) is 0 Å². The molecule has 0 saturated heterocycles. The van der Waals surface area contributed by atoms with E-state index >= 15 is 0 Å². The number of carbonyl (C=O) groups excluding carboxylic acids is 1. The van der Waals surface area contributed by atoms with Gasteiger partial charge in [0, 0.05) is 12.6 Å². The van der Waals surface area contributed by atoms with Gasteiger partial charge in [0.25, 0.3) is 5.91 Å². The number of carboxylic acids is 1. The summed E-state index contributed by atoms with van der Waals surface area (Å²) in [5, 5.41) is 8.87. The van der Waals surface area contributed by atoms with Crippen LogP contribution in [0.4, 0.5) is 4.39 Å². The number of nitrogens with zero attached hydrogens (tertiary/aromatic N) is 1. The van der Waals surface area contributed by atoms with E-state index in [4.69, 9.17) is 16.7 Å². The Morgan fingerprint density at radius 3 is 2.56 bits per heavy atom. The van der Waals surface area contributed by atoms with Crippen LogP contribution in [0.15, 0.2) is 18.2 Å². The van der Waals surface area contributed by atoms with Crippen molar-refractivity contribution in [3.63, 3.8) is 0 Å². The standard InChI is InChI=1S/C12H13ClFNO3/c1-3-10(12(17)18)15(2)11(16)7-4-5-8(13)9(14)6-7/h4-6,10H,3H2,1-2H3,(H,17,18). The first kappa shape index (κ1) is 14.4. The predicted molar refractivity (Wildman–Crippen MR) is 65.2 cm³/mol. The Morgan fingerprint density at radius 2 is 2.11 bits per heavy atom. The average molecular weight is 274 g/mol. The molecule has 0 heterocycles. The Morgan fingerprint density at radius 1 is 1.50 bits per heavy atom. The first-order valence-corrected chi connectivity index (χ1v) is 5.71. The third kappa shape index (κ3) is 2.98. The second-order valence-corrected chi connectivity index (χ2v) is 4.21. The lowest BCUT2D eigenvalue weighted by Gasteiger charge is -2.23. The Hall–Kier alpha value is -1.62. The normalized spacial score (nSPS) is 12.0. The quantitative estimate of drug-likeness (QED) is 0.916. The SMILES string of the molecule is CCC(C(=O)O)N(C)C(=O)c1ccc(Cl)c(F)c1. The summed E-state index contributed by atoms with van der Waals surface area (Å²) in [5.41, 5.74) is 0.0686. The molecule has 0 aliphatic heterocycles. The molecular formula is C12H13ClFNO3. The summed E-state index contributed by atoms with van der Waals surface area (Å²) in [4.78, 5) is 24.0. The molecule has 4 nitrogen and oxygen atoms in total. The molecule has 0 aliphatic carbocycles. The largest absolute Gasteiger partial charge is 0.480 e. The molecule has 1 unspecified atom stereocenters.